The average molecular weight is 357 g/mol. The van der Waals surface area contributed by atoms with Crippen LogP contribution in [0.3, 0.4) is 0 Å². The number of rotatable bonds is 4. The van der Waals surface area contributed by atoms with Crippen molar-refractivity contribution in [2.24, 2.45) is 10.2 Å². The molecular weight excluding hydrogens is 348 g/mol. The molecule has 0 aliphatic rings. The molecule has 0 radical (unpaired) electrons. The van der Waals surface area contributed by atoms with Crippen molar-refractivity contribution >= 4 is 45.1 Å². The van der Waals surface area contributed by atoms with E-state index in [0.717, 1.165) is 22.9 Å². The highest BCUT2D eigenvalue weighted by Crippen LogP contribution is 2.35. The van der Waals surface area contributed by atoms with Crippen LogP contribution in [0.25, 0.3) is 10.8 Å². The highest BCUT2D eigenvalue weighted by molar-refractivity contribution is 6.36. The van der Waals surface area contributed by atoms with Crippen LogP contribution in [0.2, 0.25) is 5.02 Å². The molecule has 0 amide bonds. The molecular formula is C16H9ClN4O4. The van der Waals surface area contributed by atoms with Gasteiger partial charge in [-0.3, -0.25) is 20.2 Å². The first kappa shape index (κ1) is 16.5. The summed E-state index contributed by atoms with van der Waals surface area (Å²) >= 11 is 6.13. The highest BCUT2D eigenvalue weighted by atomic mass is 35.5. The maximum Gasteiger partial charge on any atom is 0.303 e. The van der Waals surface area contributed by atoms with E-state index in [4.69, 9.17) is 11.6 Å². The van der Waals surface area contributed by atoms with Crippen molar-refractivity contribution in [3.63, 3.8) is 0 Å². The van der Waals surface area contributed by atoms with Crippen LogP contribution in [0.5, 0.6) is 0 Å². The summed E-state index contributed by atoms with van der Waals surface area (Å²) < 4.78 is 0. The lowest BCUT2D eigenvalue weighted by Gasteiger charge is -2.03. The standard InChI is InChI=1S/C16H9ClN4O4/c17-13-6-8-14(12-4-2-1-3-11(12)13)18-19-15-7-5-10(20(22)23)9-16(15)21(24)25/h1-9H. The van der Waals surface area contributed by atoms with Gasteiger partial charge in [-0.2, -0.15) is 0 Å². The Labute approximate surface area is 145 Å². The molecule has 3 aromatic carbocycles. The maximum atomic E-state index is 11.1. The number of nitro benzene ring substituents is 2. The smallest absolute Gasteiger partial charge is 0.258 e. The second kappa shape index (κ2) is 6.62. The zero-order valence-electron chi connectivity index (χ0n) is 12.5. The van der Waals surface area contributed by atoms with Crippen molar-refractivity contribution < 1.29 is 9.85 Å². The summed E-state index contributed by atoms with van der Waals surface area (Å²) in [5, 5.41) is 31.9. The molecule has 8 nitrogen and oxygen atoms in total. The molecule has 0 unspecified atom stereocenters. The van der Waals surface area contributed by atoms with Crippen LogP contribution >= 0.6 is 11.6 Å². The number of nitro groups is 2. The molecule has 3 rings (SSSR count). The Morgan fingerprint density at radius 2 is 1.44 bits per heavy atom. The van der Waals surface area contributed by atoms with Gasteiger partial charge in [-0.05, 0) is 18.2 Å². The van der Waals surface area contributed by atoms with Crippen molar-refractivity contribution in [2.75, 3.05) is 0 Å². The van der Waals surface area contributed by atoms with Crippen molar-refractivity contribution in [3.8, 4) is 0 Å². The topological polar surface area (TPSA) is 111 Å². The second-order valence-electron chi connectivity index (χ2n) is 5.00. The van der Waals surface area contributed by atoms with Gasteiger partial charge in [-0.1, -0.05) is 35.9 Å². The number of hydrogen-bond acceptors (Lipinski definition) is 6. The number of nitrogens with zero attached hydrogens (tertiary/aromatic N) is 4. The lowest BCUT2D eigenvalue weighted by Crippen LogP contribution is -1.92. The Bertz CT molecular complexity index is 1040. The number of hydrogen-bond donors (Lipinski definition) is 0. The Morgan fingerprint density at radius 1 is 0.800 bits per heavy atom. The first-order valence-corrected chi connectivity index (χ1v) is 7.37. The number of fused-ring (bicyclic) bond motifs is 1. The molecule has 0 saturated heterocycles. The van der Waals surface area contributed by atoms with Gasteiger partial charge in [0.15, 0.2) is 5.69 Å². The summed E-state index contributed by atoms with van der Waals surface area (Å²) in [5.74, 6) is 0. The summed E-state index contributed by atoms with van der Waals surface area (Å²) in [6.45, 7) is 0. The Kier molecular flexibility index (Phi) is 4.36. The first-order chi connectivity index (χ1) is 12.0. The third kappa shape index (κ3) is 3.29. The predicted octanol–water partition coefficient (Wildman–Crippen LogP) is 5.73. The van der Waals surface area contributed by atoms with Crippen molar-refractivity contribution in [1.82, 2.24) is 0 Å². The van der Waals surface area contributed by atoms with Crippen molar-refractivity contribution in [2.45, 2.75) is 0 Å². The molecule has 0 saturated carbocycles. The minimum Gasteiger partial charge on any atom is -0.258 e. The second-order valence-corrected chi connectivity index (χ2v) is 5.41. The van der Waals surface area contributed by atoms with Crippen molar-refractivity contribution in [3.05, 3.63) is 79.8 Å². The number of halogens is 1. The SMILES string of the molecule is O=[N+]([O-])c1ccc(N=Nc2ccc(Cl)c3ccccc23)c([N+](=O)[O-])c1. The molecule has 0 fully saturated rings. The van der Waals surface area contributed by atoms with Gasteiger partial charge in [-0.25, -0.2) is 0 Å². The van der Waals surface area contributed by atoms with E-state index in [2.05, 4.69) is 10.2 Å². The van der Waals surface area contributed by atoms with Crippen LogP contribution in [0.15, 0.2) is 64.8 Å². The van der Waals surface area contributed by atoms with E-state index in [1.807, 2.05) is 18.2 Å². The van der Waals surface area contributed by atoms with E-state index >= 15 is 0 Å². The quantitative estimate of drug-likeness (QED) is 0.337. The van der Waals surface area contributed by atoms with E-state index in [9.17, 15) is 20.2 Å². The van der Waals surface area contributed by atoms with Gasteiger partial charge in [0.1, 0.15) is 0 Å². The summed E-state index contributed by atoms with van der Waals surface area (Å²) in [5.41, 5.74) is -0.471. The van der Waals surface area contributed by atoms with Crippen LogP contribution in [0.1, 0.15) is 0 Å². The lowest BCUT2D eigenvalue weighted by atomic mass is 10.1. The Morgan fingerprint density at radius 3 is 2.12 bits per heavy atom. The molecule has 9 heteroatoms. The summed E-state index contributed by atoms with van der Waals surface area (Å²) in [6.07, 6.45) is 0. The Balaban J connectivity index is 2.07. The number of azo groups is 1. The van der Waals surface area contributed by atoms with Crippen LogP contribution < -0.4 is 0 Å². The van der Waals surface area contributed by atoms with Gasteiger partial charge in [0, 0.05) is 21.9 Å². The van der Waals surface area contributed by atoms with Crippen LogP contribution in [0.4, 0.5) is 22.7 Å². The van der Waals surface area contributed by atoms with Crippen molar-refractivity contribution in [1.29, 1.82) is 0 Å². The van der Waals surface area contributed by atoms with Crippen LogP contribution in [-0.2, 0) is 0 Å². The fourth-order valence-corrected chi connectivity index (χ4v) is 2.53. The molecule has 0 aliphatic heterocycles. The highest BCUT2D eigenvalue weighted by Gasteiger charge is 2.19. The molecule has 3 aromatic rings. The molecule has 0 heterocycles. The van der Waals surface area contributed by atoms with E-state index in [1.54, 1.807) is 18.2 Å². The fourth-order valence-electron chi connectivity index (χ4n) is 2.30. The monoisotopic (exact) mass is 356 g/mol. The predicted molar refractivity (Wildman–Crippen MR) is 92.9 cm³/mol. The van der Waals surface area contributed by atoms with Gasteiger partial charge < -0.3 is 0 Å². The van der Waals surface area contributed by atoms with E-state index in [0.29, 0.717) is 10.7 Å². The van der Waals surface area contributed by atoms with Gasteiger partial charge in [0.25, 0.3) is 5.69 Å². The third-order valence-corrected chi connectivity index (χ3v) is 3.81. The zero-order valence-corrected chi connectivity index (χ0v) is 13.3. The largest absolute Gasteiger partial charge is 0.303 e. The number of benzene rings is 3. The summed E-state index contributed by atoms with van der Waals surface area (Å²) in [6, 6.07) is 13.8. The fraction of sp³-hybridized carbons (Fsp3) is 0. The minimum atomic E-state index is -0.735. The molecule has 124 valence electrons. The summed E-state index contributed by atoms with van der Waals surface area (Å²) in [4.78, 5) is 20.4. The number of non-ortho nitro benzene ring substituents is 1. The molecule has 0 N–H and O–H groups in total. The maximum absolute atomic E-state index is 11.1. The van der Waals surface area contributed by atoms with E-state index < -0.39 is 15.5 Å². The normalized spacial score (nSPS) is 11.1. The molecule has 0 aromatic heterocycles. The molecule has 0 atom stereocenters. The molecule has 25 heavy (non-hydrogen) atoms. The van der Waals surface area contributed by atoms with Gasteiger partial charge in [0.2, 0.25) is 0 Å². The van der Waals surface area contributed by atoms with E-state index in [-0.39, 0.29) is 11.4 Å². The first-order valence-electron chi connectivity index (χ1n) is 6.99. The average Bonchev–Trinajstić information content (AvgIpc) is 2.61. The van der Waals surface area contributed by atoms with Crippen LogP contribution in [-0.4, -0.2) is 9.85 Å². The molecule has 0 spiro atoms. The molecule has 0 aliphatic carbocycles. The lowest BCUT2D eigenvalue weighted by molar-refractivity contribution is -0.393. The minimum absolute atomic E-state index is 0.0744. The van der Waals surface area contributed by atoms with Gasteiger partial charge in [-0.15, -0.1) is 10.2 Å². The molecule has 0 bridgehead atoms. The Hall–Kier alpha value is -3.39. The van der Waals surface area contributed by atoms with E-state index in [1.165, 1.54) is 6.07 Å². The summed E-state index contributed by atoms with van der Waals surface area (Å²) in [7, 11) is 0. The van der Waals surface area contributed by atoms with Gasteiger partial charge in [0.05, 0.1) is 21.6 Å². The zero-order chi connectivity index (χ0) is 18.0. The van der Waals surface area contributed by atoms with Crippen LogP contribution in [0, 0.1) is 20.2 Å². The third-order valence-electron chi connectivity index (χ3n) is 3.48. The van der Waals surface area contributed by atoms with Gasteiger partial charge >= 0.3 is 5.69 Å².